The van der Waals surface area contributed by atoms with E-state index in [1.54, 1.807) is 32.8 Å². The Morgan fingerprint density at radius 1 is 1.07 bits per heavy atom. The number of alkyl halides is 2. The van der Waals surface area contributed by atoms with Crippen molar-refractivity contribution in [1.29, 1.82) is 0 Å². The van der Waals surface area contributed by atoms with Crippen molar-refractivity contribution in [1.82, 2.24) is 24.3 Å². The standard InChI is InChI=1S/C33H49F2N5O5/c1-23(2)20-40(30(42)28-36-26-11-7-8-12-27(26)39(28)15-9-10-18-44-6)25-19-24(21-38(22-25)31(43)45-32(3,4)5)29(41)37-16-13-33(34,35)14-17-37/h7-8,11-12,23-25H,9-10,13-22H2,1-6H3. The van der Waals surface area contributed by atoms with E-state index in [0.717, 1.165) is 18.4 Å². The number of para-hydroxylation sites is 2. The topological polar surface area (TPSA) is 97.2 Å². The lowest BCUT2D eigenvalue weighted by Gasteiger charge is -2.44. The number of benzene rings is 1. The van der Waals surface area contributed by atoms with Crippen molar-refractivity contribution in [3.05, 3.63) is 30.1 Å². The molecule has 0 saturated carbocycles. The maximum Gasteiger partial charge on any atom is 0.410 e. The molecule has 4 rings (SSSR count). The van der Waals surface area contributed by atoms with Gasteiger partial charge in [-0.05, 0) is 58.1 Å². The largest absolute Gasteiger partial charge is 0.444 e. The van der Waals surface area contributed by atoms with Gasteiger partial charge in [-0.25, -0.2) is 18.6 Å². The van der Waals surface area contributed by atoms with Gasteiger partial charge < -0.3 is 28.7 Å². The third kappa shape index (κ3) is 8.92. The van der Waals surface area contributed by atoms with E-state index in [2.05, 4.69) is 0 Å². The van der Waals surface area contributed by atoms with E-state index in [9.17, 15) is 23.2 Å². The molecule has 250 valence electrons. The van der Waals surface area contributed by atoms with E-state index in [1.807, 2.05) is 42.7 Å². The molecular formula is C33H49F2N5O5. The smallest absolute Gasteiger partial charge is 0.410 e. The summed E-state index contributed by atoms with van der Waals surface area (Å²) in [6.45, 7) is 11.1. The zero-order valence-corrected chi connectivity index (χ0v) is 27.6. The fraction of sp³-hybridized carbons (Fsp3) is 0.697. The highest BCUT2D eigenvalue weighted by Gasteiger charge is 2.43. The van der Waals surface area contributed by atoms with E-state index in [1.165, 1.54) is 9.80 Å². The molecule has 2 aliphatic heterocycles. The predicted octanol–water partition coefficient (Wildman–Crippen LogP) is 5.44. The number of carbonyl (C=O) groups is 3. The summed E-state index contributed by atoms with van der Waals surface area (Å²) in [5.41, 5.74) is 0.811. The average molecular weight is 634 g/mol. The third-order valence-corrected chi connectivity index (χ3v) is 8.33. The van der Waals surface area contributed by atoms with Crippen LogP contribution in [0.1, 0.15) is 77.3 Å². The summed E-state index contributed by atoms with van der Waals surface area (Å²) in [5.74, 6) is -3.60. The Bertz CT molecular complexity index is 1330. The van der Waals surface area contributed by atoms with Gasteiger partial charge >= 0.3 is 6.09 Å². The van der Waals surface area contributed by atoms with E-state index < -0.39 is 29.6 Å². The van der Waals surface area contributed by atoms with Crippen LogP contribution < -0.4 is 0 Å². The zero-order chi connectivity index (χ0) is 32.9. The van der Waals surface area contributed by atoms with Gasteiger partial charge in [0.15, 0.2) is 5.82 Å². The molecule has 10 nitrogen and oxygen atoms in total. The minimum absolute atomic E-state index is 0.0405. The summed E-state index contributed by atoms with van der Waals surface area (Å²) in [7, 11) is 1.66. The van der Waals surface area contributed by atoms with Gasteiger partial charge in [0, 0.05) is 65.8 Å². The number of fused-ring (bicyclic) bond motifs is 1. The molecule has 1 aromatic carbocycles. The molecule has 2 unspecified atom stereocenters. The Hall–Kier alpha value is -3.28. The molecular weight excluding hydrogens is 584 g/mol. The summed E-state index contributed by atoms with van der Waals surface area (Å²) >= 11 is 0. The molecule has 45 heavy (non-hydrogen) atoms. The van der Waals surface area contributed by atoms with Gasteiger partial charge in [-0.3, -0.25) is 9.59 Å². The lowest BCUT2D eigenvalue weighted by molar-refractivity contribution is -0.144. The van der Waals surface area contributed by atoms with Gasteiger partial charge in [-0.1, -0.05) is 26.0 Å². The number of hydrogen-bond acceptors (Lipinski definition) is 6. The minimum atomic E-state index is -2.79. The van der Waals surface area contributed by atoms with Crippen LogP contribution in [-0.4, -0.2) is 106 Å². The highest BCUT2D eigenvalue weighted by molar-refractivity contribution is 5.95. The number of methoxy groups -OCH3 is 1. The molecule has 0 radical (unpaired) electrons. The Morgan fingerprint density at radius 2 is 1.76 bits per heavy atom. The van der Waals surface area contributed by atoms with Crippen LogP contribution >= 0.6 is 0 Å². The lowest BCUT2D eigenvalue weighted by Crippen LogP contribution is -2.58. The Kier molecular flexibility index (Phi) is 11.1. The number of carbonyl (C=O) groups excluding carboxylic acids is 3. The molecule has 2 aliphatic rings. The molecule has 2 aromatic rings. The van der Waals surface area contributed by atoms with Crippen LogP contribution in [0.3, 0.4) is 0 Å². The highest BCUT2D eigenvalue weighted by atomic mass is 19.3. The number of aryl methyl sites for hydroxylation is 1. The van der Waals surface area contributed by atoms with Crippen LogP contribution in [0.4, 0.5) is 13.6 Å². The second-order valence-corrected chi connectivity index (χ2v) is 13.8. The number of nitrogens with zero attached hydrogens (tertiary/aromatic N) is 5. The van der Waals surface area contributed by atoms with Gasteiger partial charge in [0.25, 0.3) is 11.8 Å². The number of ether oxygens (including phenoxy) is 2. The Balaban J connectivity index is 1.67. The van der Waals surface area contributed by atoms with Crippen LogP contribution in [0.15, 0.2) is 24.3 Å². The molecule has 2 atom stereocenters. The predicted molar refractivity (Wildman–Crippen MR) is 167 cm³/mol. The van der Waals surface area contributed by atoms with Crippen LogP contribution in [0.5, 0.6) is 0 Å². The Labute approximate surface area is 265 Å². The van der Waals surface area contributed by atoms with Crippen LogP contribution in [-0.2, 0) is 20.8 Å². The van der Waals surface area contributed by atoms with Crippen LogP contribution in [0.25, 0.3) is 11.0 Å². The number of aromatic nitrogens is 2. The van der Waals surface area contributed by atoms with Crippen molar-refractivity contribution in [3.8, 4) is 0 Å². The number of hydrogen-bond donors (Lipinski definition) is 0. The first kappa shape index (κ1) is 34.6. The van der Waals surface area contributed by atoms with Crippen LogP contribution in [0.2, 0.25) is 0 Å². The zero-order valence-electron chi connectivity index (χ0n) is 27.6. The van der Waals surface area contributed by atoms with Crippen molar-refractivity contribution < 1.29 is 32.6 Å². The maximum absolute atomic E-state index is 14.5. The molecule has 12 heteroatoms. The van der Waals surface area contributed by atoms with Gasteiger partial charge in [-0.2, -0.15) is 0 Å². The van der Waals surface area contributed by atoms with Crippen molar-refractivity contribution in [3.63, 3.8) is 0 Å². The van der Waals surface area contributed by atoms with Crippen molar-refractivity contribution in [2.24, 2.45) is 11.8 Å². The molecule has 3 heterocycles. The number of rotatable bonds is 10. The number of amides is 3. The molecule has 2 saturated heterocycles. The van der Waals surface area contributed by atoms with Crippen molar-refractivity contribution in [2.75, 3.05) is 46.4 Å². The number of imidazole rings is 1. The fourth-order valence-corrected chi connectivity index (χ4v) is 6.17. The van der Waals surface area contributed by atoms with E-state index >= 15 is 0 Å². The monoisotopic (exact) mass is 633 g/mol. The van der Waals surface area contributed by atoms with E-state index in [-0.39, 0.29) is 56.8 Å². The molecule has 3 amide bonds. The van der Waals surface area contributed by atoms with Crippen LogP contribution in [0, 0.1) is 11.8 Å². The first-order valence-electron chi connectivity index (χ1n) is 16.1. The number of piperidine rings is 2. The second kappa shape index (κ2) is 14.4. The molecule has 2 fully saturated rings. The van der Waals surface area contributed by atoms with Gasteiger partial charge in [0.1, 0.15) is 5.60 Å². The second-order valence-electron chi connectivity index (χ2n) is 13.8. The summed E-state index contributed by atoms with van der Waals surface area (Å²) in [4.78, 5) is 51.1. The lowest BCUT2D eigenvalue weighted by atomic mass is 9.90. The van der Waals surface area contributed by atoms with E-state index in [4.69, 9.17) is 14.5 Å². The van der Waals surface area contributed by atoms with Crippen molar-refractivity contribution >= 4 is 28.9 Å². The number of unbranched alkanes of at least 4 members (excludes halogenated alkanes) is 1. The fourth-order valence-electron chi connectivity index (χ4n) is 6.17. The molecule has 0 bridgehead atoms. The van der Waals surface area contributed by atoms with Gasteiger partial charge in [0.05, 0.1) is 23.0 Å². The normalized spacial score (nSPS) is 20.5. The third-order valence-electron chi connectivity index (χ3n) is 8.33. The number of halogens is 2. The average Bonchev–Trinajstić information content (AvgIpc) is 3.34. The molecule has 0 aliphatic carbocycles. The molecule has 0 N–H and O–H groups in total. The maximum atomic E-state index is 14.5. The summed E-state index contributed by atoms with van der Waals surface area (Å²) in [6, 6.07) is 7.12. The van der Waals surface area contributed by atoms with Crippen molar-refractivity contribution in [2.45, 2.75) is 90.8 Å². The first-order chi connectivity index (χ1) is 21.2. The van der Waals surface area contributed by atoms with E-state index in [0.29, 0.717) is 37.5 Å². The Morgan fingerprint density at radius 3 is 2.40 bits per heavy atom. The van der Waals surface area contributed by atoms with Gasteiger partial charge in [0.2, 0.25) is 5.91 Å². The summed E-state index contributed by atoms with van der Waals surface area (Å²) in [6.07, 6.45) is 0.577. The summed E-state index contributed by atoms with van der Waals surface area (Å²) in [5, 5.41) is 0. The minimum Gasteiger partial charge on any atom is -0.444 e. The quantitative estimate of drug-likeness (QED) is 0.323. The van der Waals surface area contributed by atoms with Gasteiger partial charge in [-0.15, -0.1) is 0 Å². The first-order valence-corrected chi connectivity index (χ1v) is 16.1. The number of likely N-dealkylation sites (tertiary alicyclic amines) is 2. The molecule has 1 aromatic heterocycles. The highest BCUT2D eigenvalue weighted by Crippen LogP contribution is 2.31. The molecule has 0 spiro atoms. The SMILES string of the molecule is COCCCCn1c(C(=O)N(CC(C)C)C2CC(C(=O)N3CCC(F)(F)CC3)CN(C(=O)OC(C)(C)C)C2)nc2ccccc21. The summed E-state index contributed by atoms with van der Waals surface area (Å²) < 4.78 is 40.7.